The summed E-state index contributed by atoms with van der Waals surface area (Å²) in [5, 5.41) is 8.58. The van der Waals surface area contributed by atoms with Gasteiger partial charge in [0.2, 0.25) is 10.0 Å². The Bertz CT molecular complexity index is 1010. The van der Waals surface area contributed by atoms with Crippen LogP contribution in [0.1, 0.15) is 22.3 Å². The van der Waals surface area contributed by atoms with Gasteiger partial charge in [0.25, 0.3) is 0 Å². The third kappa shape index (κ3) is 6.16. The molecule has 0 amide bonds. The number of methoxy groups -OCH3 is 2. The summed E-state index contributed by atoms with van der Waals surface area (Å²) < 4.78 is 36.8. The summed E-state index contributed by atoms with van der Waals surface area (Å²) in [7, 11) is -0.788. The molecule has 0 spiro atoms. The molecule has 2 rings (SSSR count). The molecule has 0 heterocycles. The molecule has 2 aromatic rings. The minimum Gasteiger partial charge on any atom is -0.497 e. The van der Waals surface area contributed by atoms with Crippen molar-refractivity contribution in [1.29, 1.82) is 0 Å². The zero-order chi connectivity index (χ0) is 21.4. The van der Waals surface area contributed by atoms with Gasteiger partial charge in [-0.15, -0.1) is 0 Å². The van der Waals surface area contributed by atoms with Gasteiger partial charge in [-0.2, -0.15) is 0 Å². The fourth-order valence-electron chi connectivity index (χ4n) is 2.39. The van der Waals surface area contributed by atoms with Gasteiger partial charge in [0.15, 0.2) is 5.78 Å². The fraction of sp³-hybridized carbons (Fsp3) is 0.200. The molecule has 154 valence electrons. The first kappa shape index (κ1) is 22.1. The van der Waals surface area contributed by atoms with E-state index in [9.17, 15) is 18.0 Å². The number of hydrogen-bond acceptors (Lipinski definition) is 6. The maximum absolute atomic E-state index is 12.4. The molecule has 0 aliphatic carbocycles. The van der Waals surface area contributed by atoms with Crippen LogP contribution in [0.3, 0.4) is 0 Å². The number of hydrogen-bond donors (Lipinski definition) is 2. The number of aliphatic carboxylic acids is 1. The lowest BCUT2D eigenvalue weighted by atomic mass is 10.1. The second kappa shape index (κ2) is 9.85. The molecule has 29 heavy (non-hydrogen) atoms. The van der Waals surface area contributed by atoms with Crippen molar-refractivity contribution in [2.45, 2.75) is 11.3 Å². The van der Waals surface area contributed by atoms with Crippen LogP contribution in [0.4, 0.5) is 0 Å². The first-order chi connectivity index (χ1) is 13.8. The van der Waals surface area contributed by atoms with E-state index in [1.807, 2.05) is 0 Å². The van der Waals surface area contributed by atoms with E-state index < -0.39 is 16.0 Å². The van der Waals surface area contributed by atoms with E-state index in [0.717, 1.165) is 0 Å². The highest BCUT2D eigenvalue weighted by atomic mass is 32.2. The van der Waals surface area contributed by atoms with Gasteiger partial charge in [0, 0.05) is 23.7 Å². The van der Waals surface area contributed by atoms with Crippen molar-refractivity contribution in [2.75, 3.05) is 20.8 Å². The second-order valence-corrected chi connectivity index (χ2v) is 7.64. The number of nitrogens with one attached hydrogen (secondary N) is 1. The monoisotopic (exact) mass is 419 g/mol. The van der Waals surface area contributed by atoms with Crippen LogP contribution >= 0.6 is 0 Å². The number of rotatable bonds is 10. The normalized spacial score (nSPS) is 11.4. The van der Waals surface area contributed by atoms with Gasteiger partial charge in [-0.25, -0.2) is 13.1 Å². The summed E-state index contributed by atoms with van der Waals surface area (Å²) in [6, 6.07) is 10.6. The van der Waals surface area contributed by atoms with E-state index in [4.69, 9.17) is 14.6 Å². The van der Waals surface area contributed by atoms with Gasteiger partial charge in [0.1, 0.15) is 11.5 Å². The predicted octanol–water partition coefficient (Wildman–Crippen LogP) is 2.35. The minimum absolute atomic E-state index is 0.0553. The highest BCUT2D eigenvalue weighted by Crippen LogP contribution is 2.25. The van der Waals surface area contributed by atoms with Crippen LogP contribution in [0, 0.1) is 0 Å². The summed E-state index contributed by atoms with van der Waals surface area (Å²) >= 11 is 0. The third-order valence-corrected chi connectivity index (χ3v) is 5.41. The highest BCUT2D eigenvalue weighted by molar-refractivity contribution is 7.89. The lowest BCUT2D eigenvalue weighted by Crippen LogP contribution is -2.26. The van der Waals surface area contributed by atoms with Crippen LogP contribution in [0.25, 0.3) is 6.08 Å². The Morgan fingerprint density at radius 2 is 1.76 bits per heavy atom. The predicted molar refractivity (Wildman–Crippen MR) is 107 cm³/mol. The summed E-state index contributed by atoms with van der Waals surface area (Å²) in [6.45, 7) is -0.217. The number of carboxylic acids is 1. The Kier molecular flexibility index (Phi) is 7.52. The largest absolute Gasteiger partial charge is 0.497 e. The smallest absolute Gasteiger partial charge is 0.304 e. The van der Waals surface area contributed by atoms with Crippen LogP contribution in [0.5, 0.6) is 11.5 Å². The third-order valence-electron chi connectivity index (χ3n) is 3.93. The molecule has 0 radical (unpaired) electrons. The number of carboxylic acid groups (broad SMARTS) is 1. The Hall–Kier alpha value is -3.17. The summed E-state index contributed by atoms with van der Waals surface area (Å²) in [4.78, 5) is 22.8. The molecule has 0 unspecified atom stereocenters. The van der Waals surface area contributed by atoms with Crippen molar-refractivity contribution in [3.8, 4) is 11.5 Å². The van der Waals surface area contributed by atoms with E-state index in [1.165, 1.54) is 37.5 Å². The van der Waals surface area contributed by atoms with Gasteiger partial charge in [-0.1, -0.05) is 0 Å². The molecule has 9 heteroatoms. The number of sulfonamides is 1. The molecule has 8 nitrogen and oxygen atoms in total. The quantitative estimate of drug-likeness (QED) is 0.448. The number of ketones is 1. The molecule has 0 saturated carbocycles. The molecule has 0 fully saturated rings. The van der Waals surface area contributed by atoms with Gasteiger partial charge >= 0.3 is 5.97 Å². The van der Waals surface area contributed by atoms with Crippen LogP contribution < -0.4 is 14.2 Å². The zero-order valence-electron chi connectivity index (χ0n) is 15.9. The maximum atomic E-state index is 12.4. The average Bonchev–Trinajstić information content (AvgIpc) is 2.71. The number of carbonyl (C=O) groups excluding carboxylic acids is 1. The van der Waals surface area contributed by atoms with E-state index in [0.29, 0.717) is 22.6 Å². The Morgan fingerprint density at radius 1 is 1.07 bits per heavy atom. The average molecular weight is 419 g/mol. The number of ether oxygens (including phenoxy) is 2. The van der Waals surface area contributed by atoms with Crippen LogP contribution in [0.15, 0.2) is 53.4 Å². The molecule has 0 saturated heterocycles. The lowest BCUT2D eigenvalue weighted by Gasteiger charge is -2.07. The Balaban J connectivity index is 2.11. The summed E-state index contributed by atoms with van der Waals surface area (Å²) in [5.41, 5.74) is 0.988. The summed E-state index contributed by atoms with van der Waals surface area (Å²) in [5.74, 6) is -0.249. The van der Waals surface area contributed by atoms with Gasteiger partial charge in [-0.05, 0) is 48.6 Å². The molecule has 0 aromatic heterocycles. The van der Waals surface area contributed by atoms with Crippen LogP contribution in [-0.2, 0) is 14.8 Å². The second-order valence-electron chi connectivity index (χ2n) is 5.87. The summed E-state index contributed by atoms with van der Waals surface area (Å²) in [6.07, 6.45) is 2.63. The Morgan fingerprint density at radius 3 is 2.34 bits per heavy atom. The topological polar surface area (TPSA) is 119 Å². The van der Waals surface area contributed by atoms with Gasteiger partial charge in [-0.3, -0.25) is 9.59 Å². The highest BCUT2D eigenvalue weighted by Gasteiger charge is 2.14. The van der Waals surface area contributed by atoms with Crippen LogP contribution in [-0.4, -0.2) is 46.0 Å². The van der Waals surface area contributed by atoms with E-state index in [2.05, 4.69) is 4.72 Å². The standard InChI is InChI=1S/C20H21NO7S/c1-27-16-7-3-15(19(13-16)28-2)6-10-18(22)14-4-8-17(9-5-14)29(25,26)21-12-11-20(23)24/h3-10,13,21H,11-12H2,1-2H3,(H,23,24)/b10-6+. The zero-order valence-corrected chi connectivity index (χ0v) is 16.7. The molecule has 2 aromatic carbocycles. The van der Waals surface area contributed by atoms with E-state index in [-0.39, 0.29) is 23.6 Å². The lowest BCUT2D eigenvalue weighted by molar-refractivity contribution is -0.136. The molecular formula is C20H21NO7S. The van der Waals surface area contributed by atoms with Crippen molar-refractivity contribution < 1.29 is 32.6 Å². The van der Waals surface area contributed by atoms with Crippen LogP contribution in [0.2, 0.25) is 0 Å². The molecule has 0 bridgehead atoms. The number of benzene rings is 2. The van der Waals surface area contributed by atoms with Crippen molar-refractivity contribution in [1.82, 2.24) is 4.72 Å². The van der Waals surface area contributed by atoms with Crippen molar-refractivity contribution >= 4 is 27.9 Å². The van der Waals surface area contributed by atoms with Gasteiger partial charge < -0.3 is 14.6 Å². The number of allylic oxidation sites excluding steroid dienone is 1. The molecule has 0 aliphatic rings. The molecule has 0 aliphatic heterocycles. The molecule has 0 atom stereocenters. The van der Waals surface area contributed by atoms with E-state index in [1.54, 1.807) is 31.4 Å². The van der Waals surface area contributed by atoms with Crippen molar-refractivity contribution in [3.63, 3.8) is 0 Å². The first-order valence-electron chi connectivity index (χ1n) is 8.53. The first-order valence-corrected chi connectivity index (χ1v) is 10.0. The minimum atomic E-state index is -3.84. The number of carbonyl (C=O) groups is 2. The van der Waals surface area contributed by atoms with Crippen molar-refractivity contribution in [3.05, 3.63) is 59.7 Å². The molecule has 2 N–H and O–H groups in total. The SMILES string of the molecule is COc1ccc(/C=C/C(=O)c2ccc(S(=O)(=O)NCCC(=O)O)cc2)c(OC)c1. The maximum Gasteiger partial charge on any atom is 0.304 e. The molecular weight excluding hydrogens is 398 g/mol. The Labute approximate surface area is 168 Å². The fourth-order valence-corrected chi connectivity index (χ4v) is 3.42. The van der Waals surface area contributed by atoms with Crippen molar-refractivity contribution in [2.24, 2.45) is 0 Å². The van der Waals surface area contributed by atoms with E-state index >= 15 is 0 Å². The van der Waals surface area contributed by atoms with Gasteiger partial charge in [0.05, 0.1) is 25.5 Å².